The van der Waals surface area contributed by atoms with Crippen LogP contribution >= 0.6 is 0 Å². The Morgan fingerprint density at radius 3 is 2.92 bits per heavy atom. The summed E-state index contributed by atoms with van der Waals surface area (Å²) in [7, 11) is 0. The standard InChI is InChI=1S/C17H22N2O5/c1-12(20)7-14-11-23-6-4-19(14)17(22)13-8-16(21)18(9-13)10-15-3-2-5-24-15/h2-3,5,13-14H,4,6-11H2,1H3/t13-,14-/m1/s1. The maximum atomic E-state index is 12.8. The molecule has 0 aromatic carbocycles. The van der Waals surface area contributed by atoms with Crippen LogP contribution in [0.3, 0.4) is 0 Å². The molecule has 1 aromatic rings. The normalized spacial score (nSPS) is 24.5. The minimum atomic E-state index is -0.361. The zero-order valence-electron chi connectivity index (χ0n) is 13.8. The van der Waals surface area contributed by atoms with E-state index in [1.807, 2.05) is 6.07 Å². The van der Waals surface area contributed by atoms with Gasteiger partial charge < -0.3 is 19.0 Å². The van der Waals surface area contributed by atoms with Gasteiger partial charge in [0.25, 0.3) is 0 Å². The van der Waals surface area contributed by atoms with Crippen LogP contribution in [0.1, 0.15) is 25.5 Å². The van der Waals surface area contributed by atoms with Crippen molar-refractivity contribution in [1.29, 1.82) is 0 Å². The van der Waals surface area contributed by atoms with E-state index in [-0.39, 0.29) is 36.0 Å². The fraction of sp³-hybridized carbons (Fsp3) is 0.588. The molecule has 3 heterocycles. The van der Waals surface area contributed by atoms with E-state index in [1.54, 1.807) is 22.1 Å². The Labute approximate surface area is 140 Å². The Morgan fingerprint density at radius 1 is 1.38 bits per heavy atom. The van der Waals surface area contributed by atoms with Gasteiger partial charge >= 0.3 is 0 Å². The quantitative estimate of drug-likeness (QED) is 0.797. The Balaban J connectivity index is 1.64. The Kier molecular flexibility index (Phi) is 4.99. The van der Waals surface area contributed by atoms with Gasteiger partial charge in [0.1, 0.15) is 11.5 Å². The van der Waals surface area contributed by atoms with Crippen molar-refractivity contribution in [3.05, 3.63) is 24.2 Å². The average molecular weight is 334 g/mol. The molecule has 0 bridgehead atoms. The molecule has 0 spiro atoms. The molecule has 130 valence electrons. The lowest BCUT2D eigenvalue weighted by atomic mass is 10.0. The molecule has 7 nitrogen and oxygen atoms in total. The van der Waals surface area contributed by atoms with Crippen molar-refractivity contribution in [2.24, 2.45) is 5.92 Å². The van der Waals surface area contributed by atoms with Crippen molar-refractivity contribution in [2.75, 3.05) is 26.3 Å². The third-order valence-electron chi connectivity index (χ3n) is 4.52. The number of hydrogen-bond acceptors (Lipinski definition) is 5. The third kappa shape index (κ3) is 3.67. The van der Waals surface area contributed by atoms with Crippen LogP contribution in [0.2, 0.25) is 0 Å². The molecule has 0 N–H and O–H groups in total. The Hall–Kier alpha value is -2.15. The Morgan fingerprint density at radius 2 is 2.21 bits per heavy atom. The van der Waals surface area contributed by atoms with Crippen LogP contribution in [0.25, 0.3) is 0 Å². The van der Waals surface area contributed by atoms with Crippen LogP contribution in [0, 0.1) is 5.92 Å². The van der Waals surface area contributed by atoms with Gasteiger partial charge in [0.15, 0.2) is 0 Å². The molecule has 2 saturated heterocycles. The molecule has 0 saturated carbocycles. The van der Waals surface area contributed by atoms with Gasteiger partial charge in [0, 0.05) is 25.9 Å². The minimum absolute atomic E-state index is 0.0326. The average Bonchev–Trinajstić information content (AvgIpc) is 3.18. The van der Waals surface area contributed by atoms with Crippen molar-refractivity contribution in [2.45, 2.75) is 32.4 Å². The number of ether oxygens (including phenoxy) is 1. The fourth-order valence-corrected chi connectivity index (χ4v) is 3.36. The molecular weight excluding hydrogens is 312 g/mol. The number of furan rings is 1. The third-order valence-corrected chi connectivity index (χ3v) is 4.52. The summed E-state index contributed by atoms with van der Waals surface area (Å²) < 4.78 is 10.7. The molecule has 7 heteroatoms. The van der Waals surface area contributed by atoms with E-state index in [0.29, 0.717) is 45.0 Å². The number of likely N-dealkylation sites (tertiary alicyclic amines) is 1. The molecule has 3 rings (SSSR count). The predicted molar refractivity (Wildman–Crippen MR) is 83.9 cm³/mol. The summed E-state index contributed by atoms with van der Waals surface area (Å²) in [5, 5.41) is 0. The molecule has 1 aromatic heterocycles. The molecule has 0 aliphatic carbocycles. The first-order chi connectivity index (χ1) is 11.5. The second-order valence-corrected chi connectivity index (χ2v) is 6.42. The molecular formula is C17H22N2O5. The smallest absolute Gasteiger partial charge is 0.228 e. The highest BCUT2D eigenvalue weighted by Gasteiger charge is 2.39. The lowest BCUT2D eigenvalue weighted by Crippen LogP contribution is -2.51. The van der Waals surface area contributed by atoms with Gasteiger partial charge in [-0.25, -0.2) is 0 Å². The van der Waals surface area contributed by atoms with E-state index in [2.05, 4.69) is 0 Å². The van der Waals surface area contributed by atoms with Gasteiger partial charge in [0.2, 0.25) is 11.8 Å². The van der Waals surface area contributed by atoms with Crippen LogP contribution in [-0.2, 0) is 25.7 Å². The number of Topliss-reactive ketones (excluding diaryl/α,β-unsaturated/α-hetero) is 1. The highest BCUT2D eigenvalue weighted by Crippen LogP contribution is 2.24. The first-order valence-corrected chi connectivity index (χ1v) is 8.22. The highest BCUT2D eigenvalue weighted by atomic mass is 16.5. The monoisotopic (exact) mass is 334 g/mol. The number of morpholine rings is 1. The van der Waals surface area contributed by atoms with Crippen molar-refractivity contribution >= 4 is 17.6 Å². The first kappa shape index (κ1) is 16.7. The lowest BCUT2D eigenvalue weighted by molar-refractivity contribution is -0.145. The number of ketones is 1. The van der Waals surface area contributed by atoms with Crippen LogP contribution in [-0.4, -0.2) is 59.7 Å². The SMILES string of the molecule is CC(=O)C[C@@H]1COCCN1C(=O)[C@@H]1CC(=O)N(Cc2ccco2)C1. The van der Waals surface area contributed by atoms with Crippen molar-refractivity contribution in [3.63, 3.8) is 0 Å². The summed E-state index contributed by atoms with van der Waals surface area (Å²) in [5.41, 5.74) is 0. The molecule has 2 aliphatic rings. The summed E-state index contributed by atoms with van der Waals surface area (Å²) in [6.07, 6.45) is 2.07. The fourth-order valence-electron chi connectivity index (χ4n) is 3.36. The van der Waals surface area contributed by atoms with Crippen LogP contribution in [0.4, 0.5) is 0 Å². The lowest BCUT2D eigenvalue weighted by Gasteiger charge is -2.36. The summed E-state index contributed by atoms with van der Waals surface area (Å²) in [6, 6.07) is 3.37. The van der Waals surface area contributed by atoms with E-state index in [1.165, 1.54) is 6.92 Å². The maximum absolute atomic E-state index is 12.8. The second-order valence-electron chi connectivity index (χ2n) is 6.42. The number of rotatable bonds is 5. The topological polar surface area (TPSA) is 80.1 Å². The van der Waals surface area contributed by atoms with E-state index in [4.69, 9.17) is 9.15 Å². The number of nitrogens with zero attached hydrogens (tertiary/aromatic N) is 2. The van der Waals surface area contributed by atoms with Gasteiger partial charge in [-0.2, -0.15) is 0 Å². The van der Waals surface area contributed by atoms with Crippen LogP contribution < -0.4 is 0 Å². The molecule has 0 unspecified atom stereocenters. The predicted octanol–water partition coefficient (Wildman–Crippen LogP) is 0.835. The van der Waals surface area contributed by atoms with Gasteiger partial charge in [-0.1, -0.05) is 0 Å². The van der Waals surface area contributed by atoms with Gasteiger partial charge in [-0.15, -0.1) is 0 Å². The number of hydrogen-bond donors (Lipinski definition) is 0. The molecule has 2 fully saturated rings. The molecule has 2 amide bonds. The van der Waals surface area contributed by atoms with Gasteiger partial charge in [-0.3, -0.25) is 14.4 Å². The zero-order valence-corrected chi connectivity index (χ0v) is 13.8. The summed E-state index contributed by atoms with van der Waals surface area (Å²) in [5.74, 6) is 0.281. The number of amides is 2. The van der Waals surface area contributed by atoms with E-state index >= 15 is 0 Å². The Bertz CT molecular complexity index is 613. The summed E-state index contributed by atoms with van der Waals surface area (Å²) in [6.45, 7) is 3.61. The summed E-state index contributed by atoms with van der Waals surface area (Å²) >= 11 is 0. The van der Waals surface area contributed by atoms with Gasteiger partial charge in [0.05, 0.1) is 38.0 Å². The number of carbonyl (C=O) groups excluding carboxylic acids is 3. The summed E-state index contributed by atoms with van der Waals surface area (Å²) in [4.78, 5) is 39.8. The van der Waals surface area contributed by atoms with Crippen molar-refractivity contribution in [3.8, 4) is 0 Å². The van der Waals surface area contributed by atoms with Crippen LogP contribution in [0.15, 0.2) is 22.8 Å². The second kappa shape index (κ2) is 7.17. The zero-order chi connectivity index (χ0) is 17.1. The van der Waals surface area contributed by atoms with Crippen LogP contribution in [0.5, 0.6) is 0 Å². The van der Waals surface area contributed by atoms with E-state index < -0.39 is 0 Å². The minimum Gasteiger partial charge on any atom is -0.467 e. The van der Waals surface area contributed by atoms with Crippen molar-refractivity contribution in [1.82, 2.24) is 9.80 Å². The van der Waals surface area contributed by atoms with Crippen molar-refractivity contribution < 1.29 is 23.5 Å². The molecule has 2 atom stereocenters. The maximum Gasteiger partial charge on any atom is 0.228 e. The molecule has 24 heavy (non-hydrogen) atoms. The highest BCUT2D eigenvalue weighted by molar-refractivity contribution is 5.89. The molecule has 2 aliphatic heterocycles. The molecule has 0 radical (unpaired) electrons. The first-order valence-electron chi connectivity index (χ1n) is 8.22. The van der Waals surface area contributed by atoms with E-state index in [0.717, 1.165) is 0 Å². The largest absolute Gasteiger partial charge is 0.467 e. The van der Waals surface area contributed by atoms with Gasteiger partial charge in [-0.05, 0) is 19.1 Å². The number of carbonyl (C=O) groups is 3. The van der Waals surface area contributed by atoms with E-state index in [9.17, 15) is 14.4 Å².